The molecule has 0 spiro atoms. The van der Waals surface area contributed by atoms with Crippen LogP contribution < -0.4 is 15.4 Å². The fourth-order valence-corrected chi connectivity index (χ4v) is 3.44. The summed E-state index contributed by atoms with van der Waals surface area (Å²) in [6.07, 6.45) is -0.796. The highest BCUT2D eigenvalue weighted by atomic mass is 127. The average Bonchev–Trinajstić information content (AvgIpc) is 2.78. The maximum absolute atomic E-state index is 12.5. The largest absolute Gasteiger partial charge is 0.513 e. The second kappa shape index (κ2) is 11.3. The van der Waals surface area contributed by atoms with Crippen LogP contribution in [0.5, 0.6) is 5.75 Å². The molecule has 32 heavy (non-hydrogen) atoms. The van der Waals surface area contributed by atoms with Crippen LogP contribution in [-0.2, 0) is 11.3 Å². The summed E-state index contributed by atoms with van der Waals surface area (Å²) in [7, 11) is 0. The number of nitrogens with one attached hydrogen (secondary N) is 2. The zero-order chi connectivity index (χ0) is 22.9. The standard InChI is InChI=1S/C24H21IN2O5/c1-2-31-24(30)32-19-12-10-17(11-13-19)22(28)27-18-7-5-6-16(14-18)15-26-23(29)20-8-3-4-9-21(20)25/h3-14H,2,15H2,1H3,(H,26,29)(H,27,28). The van der Waals surface area contributed by atoms with Crippen molar-refractivity contribution in [2.75, 3.05) is 11.9 Å². The van der Waals surface area contributed by atoms with E-state index in [1.165, 1.54) is 12.1 Å². The normalized spacial score (nSPS) is 10.2. The molecule has 2 amide bonds. The quantitative estimate of drug-likeness (QED) is 0.248. The molecule has 0 radical (unpaired) electrons. The van der Waals surface area contributed by atoms with Gasteiger partial charge in [0.1, 0.15) is 5.75 Å². The highest BCUT2D eigenvalue weighted by Crippen LogP contribution is 2.16. The molecule has 3 rings (SSSR count). The average molecular weight is 544 g/mol. The fraction of sp³-hybridized carbons (Fsp3) is 0.125. The maximum atomic E-state index is 12.5. The van der Waals surface area contributed by atoms with Crippen molar-refractivity contribution in [3.8, 4) is 5.75 Å². The Morgan fingerprint density at radius 1 is 0.906 bits per heavy atom. The van der Waals surface area contributed by atoms with Crippen molar-refractivity contribution in [1.29, 1.82) is 0 Å². The van der Waals surface area contributed by atoms with E-state index in [1.54, 1.807) is 43.3 Å². The summed E-state index contributed by atoms with van der Waals surface area (Å²) in [5.74, 6) is -0.187. The maximum Gasteiger partial charge on any atom is 0.513 e. The SMILES string of the molecule is CCOC(=O)Oc1ccc(C(=O)Nc2cccc(CNC(=O)c3ccccc3I)c2)cc1. The molecule has 3 aromatic rings. The molecular formula is C24H21IN2O5. The van der Waals surface area contributed by atoms with E-state index in [1.807, 2.05) is 24.3 Å². The van der Waals surface area contributed by atoms with Crippen LogP contribution >= 0.6 is 22.6 Å². The Hall–Kier alpha value is -3.40. The van der Waals surface area contributed by atoms with Crippen LogP contribution in [0.1, 0.15) is 33.2 Å². The Bertz CT molecular complexity index is 1120. The number of hydrogen-bond donors (Lipinski definition) is 2. The van der Waals surface area contributed by atoms with Crippen molar-refractivity contribution in [3.63, 3.8) is 0 Å². The summed E-state index contributed by atoms with van der Waals surface area (Å²) < 4.78 is 10.6. The Morgan fingerprint density at radius 3 is 2.38 bits per heavy atom. The summed E-state index contributed by atoms with van der Waals surface area (Å²) in [5, 5.41) is 5.71. The topological polar surface area (TPSA) is 93.7 Å². The summed E-state index contributed by atoms with van der Waals surface area (Å²) in [6.45, 7) is 2.22. The Balaban J connectivity index is 1.58. The number of amides is 2. The summed E-state index contributed by atoms with van der Waals surface area (Å²) in [6, 6.07) is 20.7. The van der Waals surface area contributed by atoms with E-state index in [0.717, 1.165) is 9.13 Å². The molecule has 0 aliphatic carbocycles. The molecule has 0 saturated carbocycles. The van der Waals surface area contributed by atoms with E-state index >= 15 is 0 Å². The molecule has 0 bridgehead atoms. The van der Waals surface area contributed by atoms with Crippen molar-refractivity contribution in [3.05, 3.63) is 93.1 Å². The van der Waals surface area contributed by atoms with Gasteiger partial charge in [0.05, 0.1) is 12.2 Å². The van der Waals surface area contributed by atoms with Gasteiger partial charge in [-0.2, -0.15) is 0 Å². The van der Waals surface area contributed by atoms with Gasteiger partial charge >= 0.3 is 6.16 Å². The first-order chi connectivity index (χ1) is 15.5. The predicted molar refractivity (Wildman–Crippen MR) is 129 cm³/mol. The zero-order valence-corrected chi connectivity index (χ0v) is 19.4. The first-order valence-corrected chi connectivity index (χ1v) is 10.9. The molecule has 0 heterocycles. The lowest BCUT2D eigenvalue weighted by atomic mass is 10.1. The summed E-state index contributed by atoms with van der Waals surface area (Å²) >= 11 is 2.13. The molecule has 8 heteroatoms. The molecule has 0 unspecified atom stereocenters. The number of benzene rings is 3. The van der Waals surface area contributed by atoms with Crippen LogP contribution in [0.2, 0.25) is 0 Å². The molecule has 164 valence electrons. The number of anilines is 1. The highest BCUT2D eigenvalue weighted by Gasteiger charge is 2.11. The van der Waals surface area contributed by atoms with Gasteiger partial charge in [0.15, 0.2) is 0 Å². The minimum atomic E-state index is -0.796. The molecule has 0 atom stereocenters. The lowest BCUT2D eigenvalue weighted by Gasteiger charge is -2.10. The summed E-state index contributed by atoms with van der Waals surface area (Å²) in [4.78, 5) is 36.3. The van der Waals surface area contributed by atoms with Gasteiger partial charge in [0, 0.05) is 21.4 Å². The van der Waals surface area contributed by atoms with E-state index in [9.17, 15) is 14.4 Å². The third kappa shape index (κ3) is 6.55. The number of rotatable bonds is 7. The molecule has 0 aliphatic heterocycles. The lowest BCUT2D eigenvalue weighted by molar-refractivity contribution is 0.0948. The van der Waals surface area contributed by atoms with Crippen molar-refractivity contribution in [2.24, 2.45) is 0 Å². The number of ether oxygens (including phenoxy) is 2. The number of halogens is 1. The van der Waals surface area contributed by atoms with E-state index in [2.05, 4.69) is 33.2 Å². The molecule has 2 N–H and O–H groups in total. The number of carbonyl (C=O) groups is 3. The monoisotopic (exact) mass is 544 g/mol. The molecular weight excluding hydrogens is 523 g/mol. The van der Waals surface area contributed by atoms with E-state index in [-0.39, 0.29) is 24.2 Å². The third-order valence-corrected chi connectivity index (χ3v) is 5.28. The Labute approximate surface area is 199 Å². The van der Waals surface area contributed by atoms with Crippen molar-refractivity contribution >= 4 is 46.2 Å². The lowest BCUT2D eigenvalue weighted by Crippen LogP contribution is -2.23. The minimum Gasteiger partial charge on any atom is -0.434 e. The zero-order valence-electron chi connectivity index (χ0n) is 17.3. The second-order valence-electron chi connectivity index (χ2n) is 6.63. The van der Waals surface area contributed by atoms with Crippen LogP contribution in [0.3, 0.4) is 0 Å². The third-order valence-electron chi connectivity index (χ3n) is 4.34. The van der Waals surface area contributed by atoms with Gasteiger partial charge in [-0.15, -0.1) is 0 Å². The first kappa shape index (κ1) is 23.3. The molecule has 0 aromatic heterocycles. The van der Waals surface area contributed by atoms with Crippen LogP contribution in [0.4, 0.5) is 10.5 Å². The predicted octanol–water partition coefficient (Wildman–Crippen LogP) is 5.01. The fourth-order valence-electron chi connectivity index (χ4n) is 2.80. The van der Waals surface area contributed by atoms with E-state index in [0.29, 0.717) is 23.4 Å². The number of carbonyl (C=O) groups excluding carboxylic acids is 3. The van der Waals surface area contributed by atoms with Crippen LogP contribution in [0.25, 0.3) is 0 Å². The van der Waals surface area contributed by atoms with Gasteiger partial charge in [0.2, 0.25) is 0 Å². The van der Waals surface area contributed by atoms with E-state index in [4.69, 9.17) is 9.47 Å². The Kier molecular flexibility index (Phi) is 8.20. The number of hydrogen-bond acceptors (Lipinski definition) is 5. The van der Waals surface area contributed by atoms with Crippen molar-refractivity contribution in [1.82, 2.24) is 5.32 Å². The molecule has 0 aliphatic rings. The van der Waals surface area contributed by atoms with Crippen LogP contribution in [0.15, 0.2) is 72.8 Å². The van der Waals surface area contributed by atoms with Crippen molar-refractivity contribution in [2.45, 2.75) is 13.5 Å². The summed E-state index contributed by atoms with van der Waals surface area (Å²) in [5.41, 5.74) is 2.47. The van der Waals surface area contributed by atoms with Gasteiger partial charge in [-0.05, 0) is 83.6 Å². The first-order valence-electron chi connectivity index (χ1n) is 9.84. The molecule has 0 saturated heterocycles. The van der Waals surface area contributed by atoms with Crippen LogP contribution in [-0.4, -0.2) is 24.6 Å². The van der Waals surface area contributed by atoms with Gasteiger partial charge in [0.25, 0.3) is 11.8 Å². The highest BCUT2D eigenvalue weighted by molar-refractivity contribution is 14.1. The van der Waals surface area contributed by atoms with E-state index < -0.39 is 6.16 Å². The minimum absolute atomic E-state index is 0.158. The molecule has 3 aromatic carbocycles. The van der Waals surface area contributed by atoms with Crippen LogP contribution in [0, 0.1) is 3.57 Å². The van der Waals surface area contributed by atoms with Gasteiger partial charge in [-0.3, -0.25) is 9.59 Å². The van der Waals surface area contributed by atoms with Gasteiger partial charge in [-0.25, -0.2) is 4.79 Å². The van der Waals surface area contributed by atoms with Crippen molar-refractivity contribution < 1.29 is 23.9 Å². The molecule has 7 nitrogen and oxygen atoms in total. The molecule has 0 fully saturated rings. The second-order valence-corrected chi connectivity index (χ2v) is 7.79. The van der Waals surface area contributed by atoms with Gasteiger partial charge in [-0.1, -0.05) is 24.3 Å². The smallest absolute Gasteiger partial charge is 0.434 e. The van der Waals surface area contributed by atoms with Gasteiger partial charge < -0.3 is 20.1 Å². The Morgan fingerprint density at radius 2 is 1.66 bits per heavy atom.